The van der Waals surface area contributed by atoms with E-state index in [2.05, 4.69) is 45.8 Å². The van der Waals surface area contributed by atoms with Gasteiger partial charge in [-0.3, -0.25) is 9.69 Å². The van der Waals surface area contributed by atoms with E-state index in [9.17, 15) is 4.79 Å². The summed E-state index contributed by atoms with van der Waals surface area (Å²) in [5.74, 6) is -0.0774. The van der Waals surface area contributed by atoms with Gasteiger partial charge in [0.05, 0.1) is 10.6 Å². The Morgan fingerprint density at radius 3 is 2.77 bits per heavy atom. The summed E-state index contributed by atoms with van der Waals surface area (Å²) in [6.07, 6.45) is 4.04. The zero-order valence-electron chi connectivity index (χ0n) is 14.0. The predicted molar refractivity (Wildman–Crippen MR) is 117 cm³/mol. The number of halogens is 1. The SMILES string of the molecule is CCn1cc(/C=C2\SC(=S)N(c3cccc(Br)c3)C2=O)c2ccccc21. The summed E-state index contributed by atoms with van der Waals surface area (Å²) in [7, 11) is 0. The van der Waals surface area contributed by atoms with Crippen molar-refractivity contribution in [1.29, 1.82) is 0 Å². The van der Waals surface area contributed by atoms with E-state index in [1.807, 2.05) is 42.5 Å². The lowest BCUT2D eigenvalue weighted by molar-refractivity contribution is -0.113. The molecule has 1 saturated heterocycles. The second-order valence-electron chi connectivity index (χ2n) is 5.88. The van der Waals surface area contributed by atoms with Crippen LogP contribution in [-0.4, -0.2) is 14.8 Å². The van der Waals surface area contributed by atoms with E-state index in [4.69, 9.17) is 12.2 Å². The minimum absolute atomic E-state index is 0.0774. The van der Waals surface area contributed by atoms with Crippen LogP contribution in [0.25, 0.3) is 17.0 Å². The normalized spacial score (nSPS) is 16.2. The van der Waals surface area contributed by atoms with E-state index in [-0.39, 0.29) is 5.91 Å². The summed E-state index contributed by atoms with van der Waals surface area (Å²) in [6, 6.07) is 15.9. The number of thiocarbonyl (C=S) groups is 1. The lowest BCUT2D eigenvalue weighted by atomic mass is 10.1. The third-order valence-corrected chi connectivity index (χ3v) is 6.10. The Bertz CT molecular complexity index is 1070. The second-order valence-corrected chi connectivity index (χ2v) is 8.48. The monoisotopic (exact) mass is 442 g/mol. The number of nitrogens with zero attached hydrogens (tertiary/aromatic N) is 2. The van der Waals surface area contributed by atoms with E-state index in [0.29, 0.717) is 9.23 Å². The van der Waals surface area contributed by atoms with Crippen molar-refractivity contribution in [3.8, 4) is 0 Å². The lowest BCUT2D eigenvalue weighted by Gasteiger charge is -2.14. The van der Waals surface area contributed by atoms with Crippen LogP contribution < -0.4 is 4.90 Å². The fourth-order valence-electron chi connectivity index (χ4n) is 3.10. The third kappa shape index (κ3) is 3.02. The van der Waals surface area contributed by atoms with E-state index in [1.165, 1.54) is 17.3 Å². The molecule has 1 amide bonds. The number of carbonyl (C=O) groups excluding carboxylic acids is 1. The quantitative estimate of drug-likeness (QED) is 0.376. The lowest BCUT2D eigenvalue weighted by Crippen LogP contribution is -2.27. The zero-order valence-corrected chi connectivity index (χ0v) is 17.2. The molecular formula is C20H15BrN2OS2. The van der Waals surface area contributed by atoms with Gasteiger partial charge in [-0.15, -0.1) is 0 Å². The van der Waals surface area contributed by atoms with Crippen LogP contribution in [0.3, 0.4) is 0 Å². The maximum Gasteiger partial charge on any atom is 0.270 e. The maximum absolute atomic E-state index is 13.0. The third-order valence-electron chi connectivity index (χ3n) is 4.31. The molecule has 2 aromatic carbocycles. The van der Waals surface area contributed by atoms with Gasteiger partial charge in [0.1, 0.15) is 0 Å². The van der Waals surface area contributed by atoms with Gasteiger partial charge in [-0.1, -0.05) is 64.2 Å². The number of benzene rings is 2. The van der Waals surface area contributed by atoms with Crippen molar-refractivity contribution in [2.24, 2.45) is 0 Å². The van der Waals surface area contributed by atoms with Crippen LogP contribution in [0.4, 0.5) is 5.69 Å². The molecule has 1 fully saturated rings. The number of fused-ring (bicyclic) bond motifs is 1. The molecule has 130 valence electrons. The molecule has 1 aliphatic rings. The largest absolute Gasteiger partial charge is 0.347 e. The van der Waals surface area contributed by atoms with Crippen molar-refractivity contribution in [3.63, 3.8) is 0 Å². The number of para-hydroxylation sites is 1. The summed E-state index contributed by atoms with van der Waals surface area (Å²) < 4.78 is 3.66. The number of hydrogen-bond acceptors (Lipinski definition) is 3. The molecule has 0 atom stereocenters. The summed E-state index contributed by atoms with van der Waals surface area (Å²) in [6.45, 7) is 3.00. The van der Waals surface area contributed by atoms with Crippen molar-refractivity contribution in [3.05, 3.63) is 69.7 Å². The summed E-state index contributed by atoms with van der Waals surface area (Å²) >= 11 is 10.3. The molecule has 1 aliphatic heterocycles. The van der Waals surface area contributed by atoms with Gasteiger partial charge in [-0.25, -0.2) is 0 Å². The molecule has 0 bridgehead atoms. The highest BCUT2D eigenvalue weighted by Gasteiger charge is 2.33. The second kappa shape index (κ2) is 7.02. The van der Waals surface area contributed by atoms with E-state index < -0.39 is 0 Å². The average molecular weight is 443 g/mol. The smallest absolute Gasteiger partial charge is 0.270 e. The fraction of sp³-hybridized carbons (Fsp3) is 0.100. The number of aryl methyl sites for hydroxylation is 1. The first-order valence-corrected chi connectivity index (χ1v) is 10.2. The van der Waals surface area contributed by atoms with Gasteiger partial charge in [0.2, 0.25) is 0 Å². The molecule has 0 unspecified atom stereocenters. The average Bonchev–Trinajstić information content (AvgIpc) is 3.13. The van der Waals surface area contributed by atoms with Crippen molar-refractivity contribution < 1.29 is 4.79 Å². The molecule has 1 aromatic heterocycles. The van der Waals surface area contributed by atoms with Crippen LogP contribution in [-0.2, 0) is 11.3 Å². The Morgan fingerprint density at radius 2 is 2.00 bits per heavy atom. The number of carbonyl (C=O) groups is 1. The number of thioether (sulfide) groups is 1. The van der Waals surface area contributed by atoms with Gasteiger partial charge in [0.25, 0.3) is 5.91 Å². The Labute approximate surface area is 169 Å². The van der Waals surface area contributed by atoms with Crippen molar-refractivity contribution in [1.82, 2.24) is 4.57 Å². The van der Waals surface area contributed by atoms with E-state index in [1.54, 1.807) is 4.90 Å². The summed E-state index contributed by atoms with van der Waals surface area (Å²) in [5.41, 5.74) is 2.99. The topological polar surface area (TPSA) is 25.2 Å². The zero-order chi connectivity index (χ0) is 18.3. The van der Waals surface area contributed by atoms with Crippen molar-refractivity contribution in [2.75, 3.05) is 4.90 Å². The first-order valence-electron chi connectivity index (χ1n) is 8.20. The number of amides is 1. The molecule has 26 heavy (non-hydrogen) atoms. The van der Waals surface area contributed by atoms with Crippen molar-refractivity contribution >= 4 is 72.8 Å². The fourth-order valence-corrected chi connectivity index (χ4v) is 4.78. The molecule has 0 spiro atoms. The van der Waals surface area contributed by atoms with Crippen LogP contribution in [0, 0.1) is 0 Å². The Kier molecular flexibility index (Phi) is 4.73. The van der Waals surface area contributed by atoms with Gasteiger partial charge in [0, 0.05) is 33.7 Å². The van der Waals surface area contributed by atoms with Crippen LogP contribution in [0.5, 0.6) is 0 Å². The maximum atomic E-state index is 13.0. The molecule has 3 nitrogen and oxygen atoms in total. The molecular weight excluding hydrogens is 428 g/mol. The Hall–Kier alpha value is -1.89. The van der Waals surface area contributed by atoms with Gasteiger partial charge in [-0.05, 0) is 37.3 Å². The van der Waals surface area contributed by atoms with Gasteiger partial charge in [-0.2, -0.15) is 0 Å². The molecule has 0 radical (unpaired) electrons. The number of anilines is 1. The minimum atomic E-state index is -0.0774. The van der Waals surface area contributed by atoms with E-state index in [0.717, 1.165) is 27.7 Å². The van der Waals surface area contributed by atoms with Crippen LogP contribution >= 0.6 is 39.9 Å². The van der Waals surface area contributed by atoms with Gasteiger partial charge in [0.15, 0.2) is 4.32 Å². The standard InChI is InChI=1S/C20H15BrN2OS2/c1-2-22-12-13(16-8-3-4-9-17(16)22)10-18-19(24)23(20(25)26-18)15-7-5-6-14(21)11-15/h3-12H,2H2,1H3/b18-10-. The summed E-state index contributed by atoms with van der Waals surface area (Å²) in [5, 5.41) is 1.14. The van der Waals surface area contributed by atoms with Gasteiger partial charge >= 0.3 is 0 Å². The molecule has 0 N–H and O–H groups in total. The number of rotatable bonds is 3. The first-order chi connectivity index (χ1) is 12.6. The minimum Gasteiger partial charge on any atom is -0.347 e. The molecule has 0 saturated carbocycles. The highest BCUT2D eigenvalue weighted by Crippen LogP contribution is 2.37. The number of hydrogen-bond donors (Lipinski definition) is 0. The molecule has 0 aliphatic carbocycles. The predicted octanol–water partition coefficient (Wildman–Crippen LogP) is 5.83. The molecule has 4 rings (SSSR count). The van der Waals surface area contributed by atoms with Crippen LogP contribution in [0.2, 0.25) is 0 Å². The Morgan fingerprint density at radius 1 is 1.19 bits per heavy atom. The highest BCUT2D eigenvalue weighted by atomic mass is 79.9. The van der Waals surface area contributed by atoms with Gasteiger partial charge < -0.3 is 4.57 Å². The summed E-state index contributed by atoms with van der Waals surface area (Å²) in [4.78, 5) is 15.2. The van der Waals surface area contributed by atoms with Crippen LogP contribution in [0.1, 0.15) is 12.5 Å². The highest BCUT2D eigenvalue weighted by molar-refractivity contribution is 9.10. The van der Waals surface area contributed by atoms with Crippen LogP contribution in [0.15, 0.2) is 64.1 Å². The van der Waals surface area contributed by atoms with Crippen molar-refractivity contribution in [2.45, 2.75) is 13.5 Å². The molecule has 6 heteroatoms. The van der Waals surface area contributed by atoms with E-state index >= 15 is 0 Å². The first kappa shape index (κ1) is 17.5. The number of aromatic nitrogens is 1. The Balaban J connectivity index is 1.76. The molecule has 3 aromatic rings. The molecule has 2 heterocycles.